The summed E-state index contributed by atoms with van der Waals surface area (Å²) in [5.41, 5.74) is 2.77. The van der Waals surface area contributed by atoms with E-state index in [9.17, 15) is 18.0 Å². The maximum atomic E-state index is 14.2. The average molecular weight is 619 g/mol. The molecule has 3 rings (SSSR count). The highest BCUT2D eigenvalue weighted by atomic mass is 35.5. The van der Waals surface area contributed by atoms with Crippen molar-refractivity contribution in [2.45, 2.75) is 64.4 Å². The van der Waals surface area contributed by atoms with Crippen LogP contribution in [0.15, 0.2) is 71.6 Å². The van der Waals surface area contributed by atoms with E-state index >= 15 is 0 Å². The zero-order chi connectivity index (χ0) is 30.2. The van der Waals surface area contributed by atoms with Crippen molar-refractivity contribution in [3.05, 3.63) is 93.5 Å². The Morgan fingerprint density at radius 1 is 0.927 bits per heavy atom. The summed E-state index contributed by atoms with van der Waals surface area (Å²) in [6.45, 7) is 7.57. The van der Waals surface area contributed by atoms with Crippen LogP contribution in [0.5, 0.6) is 0 Å². The van der Waals surface area contributed by atoms with Crippen molar-refractivity contribution in [3.8, 4) is 0 Å². The molecule has 7 nitrogen and oxygen atoms in total. The fraction of sp³-hybridized carbons (Fsp3) is 0.355. The minimum atomic E-state index is -4.14. The first kappa shape index (κ1) is 32.4. The first-order valence-electron chi connectivity index (χ1n) is 13.7. The van der Waals surface area contributed by atoms with Crippen LogP contribution in [0.2, 0.25) is 10.0 Å². The maximum Gasteiger partial charge on any atom is 0.264 e. The third kappa shape index (κ3) is 8.03. The molecule has 220 valence electrons. The Labute approximate surface area is 253 Å². The van der Waals surface area contributed by atoms with Crippen molar-refractivity contribution in [1.82, 2.24) is 10.2 Å². The normalized spacial score (nSPS) is 12.0. The van der Waals surface area contributed by atoms with Crippen LogP contribution in [-0.2, 0) is 32.6 Å². The number of benzene rings is 3. The summed E-state index contributed by atoms with van der Waals surface area (Å²) in [5, 5.41) is 3.57. The molecule has 0 aromatic heterocycles. The van der Waals surface area contributed by atoms with Crippen molar-refractivity contribution in [2.75, 3.05) is 17.4 Å². The van der Waals surface area contributed by atoms with E-state index in [0.29, 0.717) is 40.7 Å². The molecule has 0 bridgehead atoms. The number of rotatable bonds is 13. The average Bonchev–Trinajstić information content (AvgIpc) is 2.96. The molecule has 0 fully saturated rings. The fourth-order valence-electron chi connectivity index (χ4n) is 4.52. The van der Waals surface area contributed by atoms with Crippen LogP contribution in [0.3, 0.4) is 0 Å². The molecule has 0 heterocycles. The predicted octanol–water partition coefficient (Wildman–Crippen LogP) is 6.39. The highest BCUT2D eigenvalue weighted by Crippen LogP contribution is 2.29. The Balaban J connectivity index is 2.10. The molecule has 0 unspecified atom stereocenters. The molecule has 1 atom stereocenters. The van der Waals surface area contributed by atoms with Crippen LogP contribution in [0.1, 0.15) is 50.3 Å². The number of carbonyl (C=O) groups is 2. The van der Waals surface area contributed by atoms with Crippen molar-refractivity contribution in [2.24, 2.45) is 0 Å². The van der Waals surface area contributed by atoms with Crippen molar-refractivity contribution < 1.29 is 18.0 Å². The second kappa shape index (κ2) is 14.7. The van der Waals surface area contributed by atoms with Gasteiger partial charge in [-0.2, -0.15) is 0 Å². The maximum absolute atomic E-state index is 14.2. The van der Waals surface area contributed by atoms with Crippen LogP contribution >= 0.6 is 23.2 Å². The van der Waals surface area contributed by atoms with Gasteiger partial charge in [-0.25, -0.2) is 8.42 Å². The van der Waals surface area contributed by atoms with E-state index in [2.05, 4.69) is 5.32 Å². The second-order valence-corrected chi connectivity index (χ2v) is 12.5. The molecule has 10 heteroatoms. The molecular formula is C31H37Cl2N3O4S. The molecule has 3 aromatic carbocycles. The number of anilines is 1. The molecule has 0 aliphatic carbocycles. The van der Waals surface area contributed by atoms with Gasteiger partial charge in [0.2, 0.25) is 11.8 Å². The lowest BCUT2D eigenvalue weighted by atomic mass is 10.1. The first-order chi connectivity index (χ1) is 19.5. The third-order valence-corrected chi connectivity index (χ3v) is 9.31. The van der Waals surface area contributed by atoms with Gasteiger partial charge in [-0.3, -0.25) is 13.9 Å². The number of hydrogen-bond acceptors (Lipinski definition) is 4. The molecule has 41 heavy (non-hydrogen) atoms. The first-order valence-corrected chi connectivity index (χ1v) is 15.9. The third-order valence-electron chi connectivity index (χ3n) is 6.80. The van der Waals surface area contributed by atoms with Crippen LogP contribution in [0.4, 0.5) is 5.69 Å². The lowest BCUT2D eigenvalue weighted by molar-refractivity contribution is -0.140. The number of carbonyl (C=O) groups excluding carboxylic acids is 2. The highest BCUT2D eigenvalue weighted by Gasteiger charge is 2.34. The van der Waals surface area contributed by atoms with E-state index in [1.165, 1.54) is 17.0 Å². The van der Waals surface area contributed by atoms with Crippen molar-refractivity contribution in [3.63, 3.8) is 0 Å². The van der Waals surface area contributed by atoms with Crippen LogP contribution in [0.25, 0.3) is 0 Å². The summed E-state index contributed by atoms with van der Waals surface area (Å²) in [6.07, 6.45) is 1.63. The summed E-state index contributed by atoms with van der Waals surface area (Å²) < 4.78 is 29.3. The van der Waals surface area contributed by atoms with Gasteiger partial charge in [0.05, 0.1) is 20.6 Å². The summed E-state index contributed by atoms with van der Waals surface area (Å²) in [4.78, 5) is 28.9. The number of sulfonamides is 1. The molecule has 0 saturated heterocycles. The van der Waals surface area contributed by atoms with Gasteiger partial charge in [-0.1, -0.05) is 85.9 Å². The monoisotopic (exact) mass is 617 g/mol. The molecule has 3 aromatic rings. The van der Waals surface area contributed by atoms with Gasteiger partial charge >= 0.3 is 0 Å². The van der Waals surface area contributed by atoms with E-state index in [4.69, 9.17) is 23.2 Å². The van der Waals surface area contributed by atoms with E-state index in [1.54, 1.807) is 42.5 Å². The van der Waals surface area contributed by atoms with Crippen LogP contribution in [-0.4, -0.2) is 44.3 Å². The Hall–Kier alpha value is -3.07. The van der Waals surface area contributed by atoms with Gasteiger partial charge in [0.1, 0.15) is 12.6 Å². The summed E-state index contributed by atoms with van der Waals surface area (Å²) in [5.74, 6) is -0.819. The minimum absolute atomic E-state index is 0.0433. The predicted molar refractivity (Wildman–Crippen MR) is 166 cm³/mol. The lowest BCUT2D eigenvalue weighted by Gasteiger charge is -2.33. The molecular weight excluding hydrogens is 581 g/mol. The highest BCUT2D eigenvalue weighted by molar-refractivity contribution is 7.92. The Morgan fingerprint density at radius 2 is 1.61 bits per heavy atom. The number of nitrogens with one attached hydrogen (secondary N) is 1. The van der Waals surface area contributed by atoms with E-state index in [0.717, 1.165) is 21.9 Å². The van der Waals surface area contributed by atoms with Gasteiger partial charge in [-0.15, -0.1) is 0 Å². The van der Waals surface area contributed by atoms with Gasteiger partial charge in [0.15, 0.2) is 0 Å². The molecule has 0 saturated carbocycles. The molecule has 1 N–H and O–H groups in total. The number of halogens is 2. The van der Waals surface area contributed by atoms with E-state index in [1.807, 2.05) is 39.8 Å². The zero-order valence-electron chi connectivity index (χ0n) is 23.9. The number of nitrogens with zero attached hydrogens (tertiary/aromatic N) is 2. The Bertz CT molecular complexity index is 1460. The number of hydrogen-bond donors (Lipinski definition) is 1. The quantitative estimate of drug-likeness (QED) is 0.241. The Kier molecular flexibility index (Phi) is 11.6. The number of para-hydroxylation sites is 1. The van der Waals surface area contributed by atoms with Gasteiger partial charge in [0.25, 0.3) is 10.0 Å². The molecule has 2 amide bonds. The van der Waals surface area contributed by atoms with E-state index in [-0.39, 0.29) is 17.3 Å². The topological polar surface area (TPSA) is 86.8 Å². The lowest BCUT2D eigenvalue weighted by Crippen LogP contribution is -2.52. The Morgan fingerprint density at radius 3 is 2.22 bits per heavy atom. The molecule has 0 aliphatic heterocycles. The van der Waals surface area contributed by atoms with Crippen molar-refractivity contribution >= 4 is 50.7 Å². The smallest absolute Gasteiger partial charge is 0.264 e. The molecule has 0 radical (unpaired) electrons. The molecule has 0 aliphatic rings. The standard InChI is InChI=1S/C31H37Cl2N3O4S/c1-5-18-34-31(38)28(7-3)35(20-23-14-17-26(32)27(33)19-23)30(37)21-36(29-11-9-8-10-24(29)6-2)41(39,40)25-15-12-22(4)13-16-25/h8-17,19,28H,5-7,18,20-21H2,1-4H3,(H,34,38)/t28-/m1/s1. The van der Waals surface area contributed by atoms with Gasteiger partial charge in [-0.05, 0) is 67.6 Å². The second-order valence-electron chi connectivity index (χ2n) is 9.79. The summed E-state index contributed by atoms with van der Waals surface area (Å²) >= 11 is 12.4. The van der Waals surface area contributed by atoms with E-state index < -0.39 is 28.5 Å². The zero-order valence-corrected chi connectivity index (χ0v) is 26.2. The SMILES string of the molecule is CCCNC(=O)[C@@H](CC)N(Cc1ccc(Cl)c(Cl)c1)C(=O)CN(c1ccccc1CC)S(=O)(=O)c1ccc(C)cc1. The fourth-order valence-corrected chi connectivity index (χ4v) is 6.30. The van der Waals surface area contributed by atoms with Gasteiger partial charge in [0, 0.05) is 13.1 Å². The van der Waals surface area contributed by atoms with Gasteiger partial charge < -0.3 is 10.2 Å². The summed E-state index contributed by atoms with van der Waals surface area (Å²) in [7, 11) is -4.14. The van der Waals surface area contributed by atoms with Crippen molar-refractivity contribution in [1.29, 1.82) is 0 Å². The number of aryl methyl sites for hydroxylation is 2. The van der Waals surface area contributed by atoms with Crippen LogP contribution in [0, 0.1) is 6.92 Å². The largest absolute Gasteiger partial charge is 0.354 e. The minimum Gasteiger partial charge on any atom is -0.354 e. The molecule has 0 spiro atoms. The number of amides is 2. The summed E-state index contributed by atoms with van der Waals surface area (Å²) in [6, 6.07) is 17.8. The van der Waals surface area contributed by atoms with Crippen LogP contribution < -0.4 is 9.62 Å².